The fourth-order valence-corrected chi connectivity index (χ4v) is 1.28. The summed E-state index contributed by atoms with van der Waals surface area (Å²) in [5.41, 5.74) is 0. The second kappa shape index (κ2) is 6.12. The molecule has 1 atom stereocenters. The van der Waals surface area contributed by atoms with Gasteiger partial charge in [0.2, 0.25) is 5.91 Å². The zero-order valence-electron chi connectivity index (χ0n) is 9.82. The summed E-state index contributed by atoms with van der Waals surface area (Å²) >= 11 is 0. The summed E-state index contributed by atoms with van der Waals surface area (Å²) in [6.45, 7) is 4.24. The Morgan fingerprint density at radius 1 is 1.62 bits per heavy atom. The Morgan fingerprint density at radius 3 is 2.94 bits per heavy atom. The molecule has 0 aliphatic heterocycles. The van der Waals surface area contributed by atoms with Crippen LogP contribution in [0, 0.1) is 6.92 Å². The first-order valence-electron chi connectivity index (χ1n) is 5.15. The van der Waals surface area contributed by atoms with E-state index in [-0.39, 0.29) is 11.9 Å². The average Bonchev–Trinajstić information content (AvgIpc) is 2.61. The molecule has 1 aromatic heterocycles. The van der Waals surface area contributed by atoms with Gasteiger partial charge in [0.1, 0.15) is 11.5 Å². The van der Waals surface area contributed by atoms with Gasteiger partial charge in [-0.05, 0) is 32.1 Å². The third-order valence-corrected chi connectivity index (χ3v) is 1.97. The van der Waals surface area contributed by atoms with Gasteiger partial charge >= 0.3 is 0 Å². The van der Waals surface area contributed by atoms with Crippen LogP contribution in [0.5, 0.6) is 0 Å². The van der Waals surface area contributed by atoms with Crippen molar-refractivity contribution >= 4 is 12.0 Å². The molecule has 1 N–H and O–H groups in total. The number of carbonyl (C=O) groups is 1. The summed E-state index contributed by atoms with van der Waals surface area (Å²) in [6, 6.07) is 3.67. The summed E-state index contributed by atoms with van der Waals surface area (Å²) in [4.78, 5) is 11.4. The fourth-order valence-electron chi connectivity index (χ4n) is 1.28. The molecule has 0 saturated heterocycles. The highest BCUT2D eigenvalue weighted by Crippen LogP contribution is 2.07. The van der Waals surface area contributed by atoms with E-state index < -0.39 is 0 Å². The van der Waals surface area contributed by atoms with Gasteiger partial charge in [0.15, 0.2) is 0 Å². The third-order valence-electron chi connectivity index (χ3n) is 1.97. The van der Waals surface area contributed by atoms with Crippen LogP contribution in [0.2, 0.25) is 0 Å². The molecule has 0 aromatic carbocycles. The standard InChI is InChI=1S/C12H17NO3/c1-9(8-15-3)13-12(14)7-6-11-5-4-10(2)16-11/h4-7,9H,8H2,1-3H3,(H,13,14)/b7-6+/t9-/m0/s1. The molecule has 16 heavy (non-hydrogen) atoms. The number of hydrogen-bond donors (Lipinski definition) is 1. The molecule has 4 heteroatoms. The molecule has 1 aromatic rings. The van der Waals surface area contributed by atoms with Crippen molar-refractivity contribution < 1.29 is 13.9 Å². The summed E-state index contributed by atoms with van der Waals surface area (Å²) < 4.78 is 10.2. The molecule has 1 rings (SSSR count). The van der Waals surface area contributed by atoms with Crippen LogP contribution in [0.25, 0.3) is 6.08 Å². The van der Waals surface area contributed by atoms with Crippen LogP contribution in [0.1, 0.15) is 18.4 Å². The zero-order chi connectivity index (χ0) is 12.0. The van der Waals surface area contributed by atoms with E-state index in [4.69, 9.17) is 9.15 Å². The minimum Gasteiger partial charge on any atom is -0.462 e. The lowest BCUT2D eigenvalue weighted by Gasteiger charge is -2.10. The van der Waals surface area contributed by atoms with Crippen molar-refractivity contribution in [2.24, 2.45) is 0 Å². The van der Waals surface area contributed by atoms with E-state index in [9.17, 15) is 4.79 Å². The largest absolute Gasteiger partial charge is 0.462 e. The molecule has 0 bridgehead atoms. The lowest BCUT2D eigenvalue weighted by atomic mass is 10.3. The number of aryl methyl sites for hydroxylation is 1. The minimum atomic E-state index is -0.154. The van der Waals surface area contributed by atoms with Gasteiger partial charge in [-0.25, -0.2) is 0 Å². The van der Waals surface area contributed by atoms with E-state index >= 15 is 0 Å². The lowest BCUT2D eigenvalue weighted by Crippen LogP contribution is -2.34. The third kappa shape index (κ3) is 4.31. The number of rotatable bonds is 5. The van der Waals surface area contributed by atoms with Gasteiger partial charge in [-0.1, -0.05) is 0 Å². The highest BCUT2D eigenvalue weighted by Gasteiger charge is 2.03. The van der Waals surface area contributed by atoms with Crippen LogP contribution in [0.15, 0.2) is 22.6 Å². The van der Waals surface area contributed by atoms with Crippen LogP contribution in [-0.2, 0) is 9.53 Å². The Bertz CT molecular complexity index is 368. The lowest BCUT2D eigenvalue weighted by molar-refractivity contribution is -0.117. The molecule has 0 saturated carbocycles. The van der Waals surface area contributed by atoms with Gasteiger partial charge in [0, 0.05) is 19.2 Å². The monoisotopic (exact) mass is 223 g/mol. The maximum Gasteiger partial charge on any atom is 0.244 e. The first kappa shape index (κ1) is 12.5. The summed E-state index contributed by atoms with van der Waals surface area (Å²) in [7, 11) is 1.60. The Morgan fingerprint density at radius 2 is 2.38 bits per heavy atom. The fraction of sp³-hybridized carbons (Fsp3) is 0.417. The van der Waals surface area contributed by atoms with Crippen molar-refractivity contribution in [3.63, 3.8) is 0 Å². The minimum absolute atomic E-state index is 0.000451. The number of methoxy groups -OCH3 is 1. The Hall–Kier alpha value is -1.55. The van der Waals surface area contributed by atoms with Gasteiger partial charge in [0.25, 0.3) is 0 Å². The van der Waals surface area contributed by atoms with Crippen LogP contribution >= 0.6 is 0 Å². The molecule has 0 spiro atoms. The molecule has 88 valence electrons. The quantitative estimate of drug-likeness (QED) is 0.774. The van der Waals surface area contributed by atoms with Crippen molar-refractivity contribution in [2.45, 2.75) is 19.9 Å². The normalized spacial score (nSPS) is 12.9. The number of nitrogens with one attached hydrogen (secondary N) is 1. The van der Waals surface area contributed by atoms with Crippen molar-refractivity contribution in [1.29, 1.82) is 0 Å². The first-order chi connectivity index (χ1) is 7.61. The van der Waals surface area contributed by atoms with Crippen LogP contribution < -0.4 is 5.32 Å². The molecule has 4 nitrogen and oxygen atoms in total. The van der Waals surface area contributed by atoms with Gasteiger partial charge in [-0.15, -0.1) is 0 Å². The Balaban J connectivity index is 2.42. The van der Waals surface area contributed by atoms with Crippen LogP contribution in [0.4, 0.5) is 0 Å². The van der Waals surface area contributed by atoms with Crippen molar-refractivity contribution in [3.8, 4) is 0 Å². The SMILES string of the molecule is COC[C@H](C)NC(=O)/C=C/c1ccc(C)o1. The van der Waals surface area contributed by atoms with Gasteiger partial charge in [-0.2, -0.15) is 0 Å². The Kier molecular flexibility index (Phi) is 4.79. The van der Waals surface area contributed by atoms with Gasteiger partial charge < -0.3 is 14.5 Å². The number of carbonyl (C=O) groups excluding carboxylic acids is 1. The van der Waals surface area contributed by atoms with Crippen molar-refractivity contribution in [1.82, 2.24) is 5.32 Å². The first-order valence-corrected chi connectivity index (χ1v) is 5.15. The molecule has 0 aliphatic carbocycles. The predicted molar refractivity (Wildman–Crippen MR) is 62.0 cm³/mol. The maximum absolute atomic E-state index is 11.4. The maximum atomic E-state index is 11.4. The van der Waals surface area contributed by atoms with E-state index in [1.807, 2.05) is 26.0 Å². The predicted octanol–water partition coefficient (Wildman–Crippen LogP) is 1.75. The molecular formula is C12H17NO3. The summed E-state index contributed by atoms with van der Waals surface area (Å²) in [6.07, 6.45) is 3.09. The molecule has 1 amide bonds. The highest BCUT2D eigenvalue weighted by atomic mass is 16.5. The van der Waals surface area contributed by atoms with E-state index in [1.165, 1.54) is 6.08 Å². The van der Waals surface area contributed by atoms with E-state index in [2.05, 4.69) is 5.32 Å². The van der Waals surface area contributed by atoms with E-state index in [0.29, 0.717) is 12.4 Å². The Labute approximate surface area is 95.3 Å². The second-order valence-corrected chi connectivity index (χ2v) is 3.65. The zero-order valence-corrected chi connectivity index (χ0v) is 9.82. The number of hydrogen-bond acceptors (Lipinski definition) is 3. The average molecular weight is 223 g/mol. The number of ether oxygens (including phenoxy) is 1. The van der Waals surface area contributed by atoms with E-state index in [1.54, 1.807) is 13.2 Å². The van der Waals surface area contributed by atoms with Gasteiger partial charge in [-0.3, -0.25) is 4.79 Å². The molecular weight excluding hydrogens is 206 g/mol. The number of furan rings is 1. The molecule has 1 heterocycles. The molecule has 0 unspecified atom stereocenters. The number of amides is 1. The smallest absolute Gasteiger partial charge is 0.244 e. The molecule has 0 fully saturated rings. The van der Waals surface area contributed by atoms with Crippen LogP contribution in [0.3, 0.4) is 0 Å². The summed E-state index contributed by atoms with van der Waals surface area (Å²) in [5.74, 6) is 1.35. The van der Waals surface area contributed by atoms with Crippen LogP contribution in [-0.4, -0.2) is 25.7 Å². The second-order valence-electron chi connectivity index (χ2n) is 3.65. The molecule has 0 radical (unpaired) electrons. The summed E-state index contributed by atoms with van der Waals surface area (Å²) in [5, 5.41) is 2.77. The highest BCUT2D eigenvalue weighted by molar-refractivity contribution is 5.91. The van der Waals surface area contributed by atoms with Crippen molar-refractivity contribution in [2.75, 3.05) is 13.7 Å². The van der Waals surface area contributed by atoms with Gasteiger partial charge in [0.05, 0.1) is 6.61 Å². The van der Waals surface area contributed by atoms with Crippen molar-refractivity contribution in [3.05, 3.63) is 29.7 Å². The topological polar surface area (TPSA) is 51.5 Å². The van der Waals surface area contributed by atoms with E-state index in [0.717, 1.165) is 5.76 Å². The molecule has 0 aliphatic rings.